The van der Waals surface area contributed by atoms with E-state index in [-0.39, 0.29) is 18.2 Å². The molecule has 1 amide bonds. The predicted octanol–water partition coefficient (Wildman–Crippen LogP) is 3.72. The molecule has 2 aromatic carbocycles. The number of esters is 1. The molecular weight excluding hydrogens is 378 g/mol. The van der Waals surface area contributed by atoms with Crippen LogP contribution in [0.5, 0.6) is 0 Å². The van der Waals surface area contributed by atoms with Crippen molar-refractivity contribution in [2.75, 3.05) is 6.61 Å². The molecule has 2 aromatic heterocycles. The van der Waals surface area contributed by atoms with Gasteiger partial charge in [-0.3, -0.25) is 4.79 Å². The topological polar surface area (TPSA) is 63.9 Å². The molecule has 4 aromatic rings. The summed E-state index contributed by atoms with van der Waals surface area (Å²) in [6.45, 7) is 0.521. The Morgan fingerprint density at radius 2 is 1.43 bits per heavy atom. The van der Waals surface area contributed by atoms with Gasteiger partial charge in [0, 0.05) is 25.5 Å². The van der Waals surface area contributed by atoms with E-state index < -0.39 is 5.97 Å². The molecule has 4 rings (SSSR count). The molecule has 2 heterocycles. The molecule has 0 saturated heterocycles. The lowest BCUT2D eigenvalue weighted by atomic mass is 10.1. The van der Waals surface area contributed by atoms with Crippen LogP contribution in [0.3, 0.4) is 0 Å². The van der Waals surface area contributed by atoms with Crippen LogP contribution < -0.4 is 0 Å². The van der Waals surface area contributed by atoms with Gasteiger partial charge in [-0.05, 0) is 23.3 Å². The number of pyridine rings is 1. The summed E-state index contributed by atoms with van der Waals surface area (Å²) in [5, 5.41) is 0. The fourth-order valence-electron chi connectivity index (χ4n) is 3.17. The number of aromatic nitrogens is 2. The largest absolute Gasteiger partial charge is 0.451 e. The fraction of sp³-hybridized carbons (Fsp3) is 0.125. The van der Waals surface area contributed by atoms with Crippen molar-refractivity contribution in [1.29, 1.82) is 0 Å². The van der Waals surface area contributed by atoms with Gasteiger partial charge in [-0.1, -0.05) is 66.7 Å². The lowest BCUT2D eigenvalue weighted by Gasteiger charge is -2.23. The molecule has 0 N–H and O–H groups in total. The summed E-state index contributed by atoms with van der Waals surface area (Å²) < 4.78 is 7.00. The summed E-state index contributed by atoms with van der Waals surface area (Å²) in [7, 11) is 0. The van der Waals surface area contributed by atoms with Crippen LogP contribution in [0, 0.1) is 0 Å². The van der Waals surface area contributed by atoms with Gasteiger partial charge in [-0.15, -0.1) is 0 Å². The van der Waals surface area contributed by atoms with Gasteiger partial charge in [0.15, 0.2) is 12.3 Å². The first-order chi connectivity index (χ1) is 14.7. The standard InChI is InChI=1S/C24H21N3O3/c28-23(18-30-24(29)21-17-26-14-8-7-13-22(26)25-21)27(15-19-9-3-1-4-10-19)16-20-11-5-2-6-12-20/h1-14,17H,15-16,18H2. The second-order valence-electron chi connectivity index (χ2n) is 6.89. The maximum absolute atomic E-state index is 12.9. The molecule has 30 heavy (non-hydrogen) atoms. The number of amides is 1. The van der Waals surface area contributed by atoms with Crippen molar-refractivity contribution in [3.8, 4) is 0 Å². The molecule has 0 saturated carbocycles. The van der Waals surface area contributed by atoms with E-state index in [1.165, 1.54) is 0 Å². The Labute approximate surface area is 174 Å². The lowest BCUT2D eigenvalue weighted by molar-refractivity contribution is -0.135. The van der Waals surface area contributed by atoms with Crippen LogP contribution in [0.25, 0.3) is 5.65 Å². The number of hydrogen-bond acceptors (Lipinski definition) is 4. The Hall–Kier alpha value is -3.93. The highest BCUT2D eigenvalue weighted by Gasteiger charge is 2.19. The number of fused-ring (bicyclic) bond motifs is 1. The minimum absolute atomic E-state index is 0.173. The van der Waals surface area contributed by atoms with Gasteiger partial charge in [-0.2, -0.15) is 0 Å². The Balaban J connectivity index is 1.44. The number of nitrogens with zero attached hydrogens (tertiary/aromatic N) is 3. The molecule has 0 radical (unpaired) electrons. The molecule has 0 spiro atoms. The molecule has 6 nitrogen and oxygen atoms in total. The molecule has 0 fully saturated rings. The van der Waals surface area contributed by atoms with E-state index >= 15 is 0 Å². The van der Waals surface area contributed by atoms with Gasteiger partial charge < -0.3 is 14.0 Å². The Morgan fingerprint density at radius 1 is 0.833 bits per heavy atom. The number of ether oxygens (including phenoxy) is 1. The van der Waals surface area contributed by atoms with E-state index in [4.69, 9.17) is 4.74 Å². The SMILES string of the molecule is O=C(OCC(=O)N(Cc1ccccc1)Cc1ccccc1)c1cn2ccccc2n1. The van der Waals surface area contributed by atoms with Gasteiger partial charge in [0.05, 0.1) is 0 Å². The van der Waals surface area contributed by atoms with E-state index in [0.717, 1.165) is 11.1 Å². The minimum Gasteiger partial charge on any atom is -0.451 e. The maximum atomic E-state index is 12.9. The second kappa shape index (κ2) is 9.05. The summed E-state index contributed by atoms with van der Waals surface area (Å²) in [4.78, 5) is 31.2. The summed E-state index contributed by atoms with van der Waals surface area (Å²) in [5.74, 6) is -0.883. The molecule has 0 aliphatic rings. The van der Waals surface area contributed by atoms with Crippen LogP contribution in [-0.4, -0.2) is 32.8 Å². The highest BCUT2D eigenvalue weighted by Crippen LogP contribution is 2.11. The zero-order chi connectivity index (χ0) is 20.8. The normalized spacial score (nSPS) is 10.7. The van der Waals surface area contributed by atoms with Crippen molar-refractivity contribution < 1.29 is 14.3 Å². The van der Waals surface area contributed by atoms with E-state index in [1.54, 1.807) is 27.8 Å². The van der Waals surface area contributed by atoms with E-state index in [2.05, 4.69) is 4.98 Å². The molecular formula is C24H21N3O3. The summed E-state index contributed by atoms with van der Waals surface area (Å²) in [5.41, 5.74) is 2.83. The van der Waals surface area contributed by atoms with Crippen molar-refractivity contribution in [1.82, 2.24) is 14.3 Å². The molecule has 150 valence electrons. The number of carbonyl (C=O) groups is 2. The number of imidazole rings is 1. The number of carbonyl (C=O) groups excluding carboxylic acids is 2. The van der Waals surface area contributed by atoms with Crippen LogP contribution in [0.2, 0.25) is 0 Å². The number of rotatable bonds is 7. The summed E-state index contributed by atoms with van der Waals surface area (Å²) >= 11 is 0. The highest BCUT2D eigenvalue weighted by molar-refractivity contribution is 5.90. The van der Waals surface area contributed by atoms with Crippen LogP contribution in [0.4, 0.5) is 0 Å². The van der Waals surface area contributed by atoms with Crippen LogP contribution in [0.15, 0.2) is 91.3 Å². The molecule has 0 aliphatic carbocycles. The van der Waals surface area contributed by atoms with Gasteiger partial charge >= 0.3 is 5.97 Å². The average Bonchev–Trinajstić information content (AvgIpc) is 3.23. The molecule has 0 unspecified atom stereocenters. The van der Waals surface area contributed by atoms with Gasteiger partial charge in [0.1, 0.15) is 5.65 Å². The quantitative estimate of drug-likeness (QED) is 0.444. The van der Waals surface area contributed by atoms with E-state index in [1.807, 2.05) is 72.8 Å². The number of benzene rings is 2. The van der Waals surface area contributed by atoms with Crippen molar-refractivity contribution in [2.45, 2.75) is 13.1 Å². The summed E-state index contributed by atoms with van der Waals surface area (Å²) in [6.07, 6.45) is 3.39. The molecule has 0 atom stereocenters. The van der Waals surface area contributed by atoms with Crippen LogP contribution >= 0.6 is 0 Å². The van der Waals surface area contributed by atoms with Crippen molar-refractivity contribution in [2.24, 2.45) is 0 Å². The molecule has 6 heteroatoms. The van der Waals surface area contributed by atoms with Crippen molar-refractivity contribution in [3.63, 3.8) is 0 Å². The third kappa shape index (κ3) is 4.72. The first kappa shape index (κ1) is 19.4. The fourth-order valence-corrected chi connectivity index (χ4v) is 3.17. The Kier molecular flexibility index (Phi) is 5.85. The Bertz CT molecular complexity index is 1070. The summed E-state index contributed by atoms with van der Waals surface area (Å²) in [6, 6.07) is 25.0. The predicted molar refractivity (Wildman–Crippen MR) is 113 cm³/mol. The van der Waals surface area contributed by atoms with Crippen molar-refractivity contribution in [3.05, 3.63) is 108 Å². The monoisotopic (exact) mass is 399 g/mol. The third-order valence-corrected chi connectivity index (χ3v) is 4.69. The minimum atomic E-state index is -0.619. The zero-order valence-corrected chi connectivity index (χ0v) is 16.3. The Morgan fingerprint density at radius 3 is 2.03 bits per heavy atom. The van der Waals surface area contributed by atoms with E-state index in [9.17, 15) is 9.59 Å². The van der Waals surface area contributed by atoms with Gasteiger partial charge in [-0.25, -0.2) is 9.78 Å². The maximum Gasteiger partial charge on any atom is 0.359 e. The van der Waals surface area contributed by atoms with Gasteiger partial charge in [0.25, 0.3) is 5.91 Å². The van der Waals surface area contributed by atoms with Crippen LogP contribution in [-0.2, 0) is 22.6 Å². The first-order valence-electron chi connectivity index (χ1n) is 9.65. The van der Waals surface area contributed by atoms with Gasteiger partial charge in [0.2, 0.25) is 0 Å². The second-order valence-corrected chi connectivity index (χ2v) is 6.89. The number of hydrogen-bond donors (Lipinski definition) is 0. The smallest absolute Gasteiger partial charge is 0.359 e. The zero-order valence-electron chi connectivity index (χ0n) is 16.3. The van der Waals surface area contributed by atoms with E-state index in [0.29, 0.717) is 18.7 Å². The van der Waals surface area contributed by atoms with Crippen molar-refractivity contribution >= 4 is 17.5 Å². The third-order valence-electron chi connectivity index (χ3n) is 4.69. The average molecular weight is 399 g/mol. The highest BCUT2D eigenvalue weighted by atomic mass is 16.5. The van der Waals surface area contributed by atoms with Crippen LogP contribution in [0.1, 0.15) is 21.6 Å². The first-order valence-corrected chi connectivity index (χ1v) is 9.65. The molecule has 0 bridgehead atoms. The molecule has 0 aliphatic heterocycles. The lowest BCUT2D eigenvalue weighted by Crippen LogP contribution is -2.34.